The van der Waals surface area contributed by atoms with Crippen molar-refractivity contribution in [3.63, 3.8) is 0 Å². The fourth-order valence-corrected chi connectivity index (χ4v) is 2.65. The van der Waals surface area contributed by atoms with Gasteiger partial charge in [-0.15, -0.1) is 10.2 Å². The molecule has 3 rings (SSSR count). The van der Waals surface area contributed by atoms with E-state index in [2.05, 4.69) is 30.7 Å². The molecule has 9 heteroatoms. The molecule has 3 heterocycles. The Morgan fingerprint density at radius 2 is 2.12 bits per heavy atom. The van der Waals surface area contributed by atoms with Crippen LogP contribution in [0.2, 0.25) is 0 Å². The largest absolute Gasteiger partial charge is 0.467 e. The monoisotopic (exact) mass is 361 g/mol. The normalized spacial score (nSPS) is 16.0. The average Bonchev–Trinajstić information content (AvgIpc) is 3.29. The van der Waals surface area contributed by atoms with Gasteiger partial charge in [0.2, 0.25) is 0 Å². The number of morpholine rings is 1. The van der Waals surface area contributed by atoms with Crippen molar-refractivity contribution in [3.8, 4) is 0 Å². The summed E-state index contributed by atoms with van der Waals surface area (Å²) >= 11 is 0. The Bertz CT molecular complexity index is 690. The minimum absolute atomic E-state index is 0.461. The van der Waals surface area contributed by atoms with Crippen molar-refractivity contribution < 1.29 is 9.15 Å². The Morgan fingerprint density at radius 3 is 2.81 bits per heavy atom. The van der Waals surface area contributed by atoms with Gasteiger partial charge in [-0.3, -0.25) is 4.90 Å². The summed E-state index contributed by atoms with van der Waals surface area (Å²) < 4.78 is 12.7. The summed E-state index contributed by atoms with van der Waals surface area (Å²) in [7, 11) is 1.95. The van der Waals surface area contributed by atoms with Gasteiger partial charge >= 0.3 is 0 Å². The van der Waals surface area contributed by atoms with E-state index in [-0.39, 0.29) is 0 Å². The fraction of sp³-hybridized carbons (Fsp3) is 0.588. The topological polar surface area (TPSA) is 92.7 Å². The Hall–Kier alpha value is -2.39. The van der Waals surface area contributed by atoms with Crippen LogP contribution in [-0.2, 0) is 24.9 Å². The van der Waals surface area contributed by atoms with Gasteiger partial charge in [-0.1, -0.05) is 0 Å². The van der Waals surface area contributed by atoms with E-state index in [0.717, 1.165) is 62.8 Å². The highest BCUT2D eigenvalue weighted by Crippen LogP contribution is 2.01. The highest BCUT2D eigenvalue weighted by Gasteiger charge is 2.10. The SMILES string of the molecule is Cc1nnc(CN=C(NCCN2CCOCC2)NCc2ccco2)n1C. The summed E-state index contributed by atoms with van der Waals surface area (Å²) in [5.74, 6) is 3.30. The van der Waals surface area contributed by atoms with E-state index in [0.29, 0.717) is 13.1 Å². The first-order chi connectivity index (χ1) is 12.7. The third-order valence-electron chi connectivity index (χ3n) is 4.40. The van der Waals surface area contributed by atoms with Crippen molar-refractivity contribution in [2.45, 2.75) is 20.0 Å². The van der Waals surface area contributed by atoms with Crippen LogP contribution in [0.25, 0.3) is 0 Å². The third kappa shape index (κ3) is 5.30. The standard InChI is InChI=1S/C17H27N7O2/c1-14-21-22-16(23(14)2)13-20-17(19-12-15-4-3-9-26-15)18-5-6-24-7-10-25-11-8-24/h3-4,9H,5-8,10-13H2,1-2H3,(H2,18,19,20). The molecule has 0 aliphatic carbocycles. The lowest BCUT2D eigenvalue weighted by molar-refractivity contribution is 0.0389. The van der Waals surface area contributed by atoms with Crippen LogP contribution in [0.1, 0.15) is 17.4 Å². The lowest BCUT2D eigenvalue weighted by Crippen LogP contribution is -2.44. The van der Waals surface area contributed by atoms with Gasteiger partial charge in [-0.05, 0) is 19.1 Å². The predicted molar refractivity (Wildman–Crippen MR) is 97.7 cm³/mol. The number of nitrogens with zero attached hydrogens (tertiary/aromatic N) is 5. The number of hydrogen-bond acceptors (Lipinski definition) is 6. The number of aliphatic imine (C=N–C) groups is 1. The van der Waals surface area contributed by atoms with E-state index in [1.54, 1.807) is 6.26 Å². The molecule has 0 amide bonds. The number of guanidine groups is 1. The number of ether oxygens (including phenoxy) is 1. The van der Waals surface area contributed by atoms with Crippen molar-refractivity contribution in [2.75, 3.05) is 39.4 Å². The van der Waals surface area contributed by atoms with Gasteiger partial charge in [0.1, 0.15) is 18.1 Å². The van der Waals surface area contributed by atoms with Gasteiger partial charge in [0.25, 0.3) is 0 Å². The molecule has 142 valence electrons. The van der Waals surface area contributed by atoms with E-state index in [1.807, 2.05) is 30.7 Å². The maximum absolute atomic E-state index is 5.38. The van der Waals surface area contributed by atoms with E-state index in [1.165, 1.54) is 0 Å². The minimum Gasteiger partial charge on any atom is -0.467 e. The van der Waals surface area contributed by atoms with Gasteiger partial charge in [-0.25, -0.2) is 4.99 Å². The summed E-state index contributed by atoms with van der Waals surface area (Å²) in [5.41, 5.74) is 0. The maximum Gasteiger partial charge on any atom is 0.192 e. The minimum atomic E-state index is 0.461. The number of nitrogens with one attached hydrogen (secondary N) is 2. The third-order valence-corrected chi connectivity index (χ3v) is 4.40. The molecule has 0 saturated carbocycles. The number of hydrogen-bond donors (Lipinski definition) is 2. The molecule has 1 aliphatic rings. The van der Waals surface area contributed by atoms with Crippen LogP contribution >= 0.6 is 0 Å². The molecule has 0 radical (unpaired) electrons. The maximum atomic E-state index is 5.38. The van der Waals surface area contributed by atoms with Gasteiger partial charge < -0.3 is 24.4 Å². The Morgan fingerprint density at radius 1 is 1.27 bits per heavy atom. The Balaban J connectivity index is 1.54. The van der Waals surface area contributed by atoms with Crippen molar-refractivity contribution in [3.05, 3.63) is 35.8 Å². The average molecular weight is 361 g/mol. The molecular weight excluding hydrogens is 334 g/mol. The Kier molecular flexibility index (Phi) is 6.62. The first-order valence-corrected chi connectivity index (χ1v) is 8.92. The van der Waals surface area contributed by atoms with Crippen LogP contribution in [0.4, 0.5) is 0 Å². The highest BCUT2D eigenvalue weighted by molar-refractivity contribution is 5.79. The summed E-state index contributed by atoms with van der Waals surface area (Å²) in [4.78, 5) is 7.02. The number of rotatable bonds is 7. The summed E-state index contributed by atoms with van der Waals surface area (Å²) in [6.07, 6.45) is 1.67. The van der Waals surface area contributed by atoms with Crippen molar-refractivity contribution in [1.29, 1.82) is 0 Å². The number of furan rings is 1. The van der Waals surface area contributed by atoms with Crippen LogP contribution in [0.15, 0.2) is 27.8 Å². The molecule has 2 N–H and O–H groups in total. The quantitative estimate of drug-likeness (QED) is 0.541. The molecule has 2 aromatic heterocycles. The van der Waals surface area contributed by atoms with Crippen LogP contribution < -0.4 is 10.6 Å². The molecule has 1 aliphatic heterocycles. The number of aromatic nitrogens is 3. The van der Waals surface area contributed by atoms with E-state index in [4.69, 9.17) is 9.15 Å². The first kappa shape index (κ1) is 18.4. The van der Waals surface area contributed by atoms with Crippen molar-refractivity contribution >= 4 is 5.96 Å². The molecule has 0 unspecified atom stereocenters. The van der Waals surface area contributed by atoms with Crippen molar-refractivity contribution in [2.24, 2.45) is 12.0 Å². The molecular formula is C17H27N7O2. The molecule has 1 fully saturated rings. The lowest BCUT2D eigenvalue weighted by Gasteiger charge is -2.26. The second kappa shape index (κ2) is 9.35. The van der Waals surface area contributed by atoms with Crippen LogP contribution in [0.5, 0.6) is 0 Å². The van der Waals surface area contributed by atoms with Crippen LogP contribution in [-0.4, -0.2) is 65.0 Å². The predicted octanol–water partition coefficient (Wildman–Crippen LogP) is 0.284. The second-order valence-electron chi connectivity index (χ2n) is 6.20. The molecule has 26 heavy (non-hydrogen) atoms. The molecule has 0 atom stereocenters. The molecule has 2 aromatic rings. The van der Waals surface area contributed by atoms with E-state index >= 15 is 0 Å². The van der Waals surface area contributed by atoms with Gasteiger partial charge in [0.05, 0.1) is 26.0 Å². The molecule has 0 spiro atoms. The van der Waals surface area contributed by atoms with Crippen LogP contribution in [0.3, 0.4) is 0 Å². The summed E-state index contributed by atoms with van der Waals surface area (Å²) in [6, 6.07) is 3.81. The van der Waals surface area contributed by atoms with Gasteiger partial charge in [0, 0.05) is 33.2 Å². The lowest BCUT2D eigenvalue weighted by atomic mass is 10.4. The molecule has 0 bridgehead atoms. The summed E-state index contributed by atoms with van der Waals surface area (Å²) in [6.45, 7) is 8.30. The molecule has 1 saturated heterocycles. The highest BCUT2D eigenvalue weighted by atomic mass is 16.5. The van der Waals surface area contributed by atoms with Crippen LogP contribution in [0, 0.1) is 6.92 Å². The van der Waals surface area contributed by atoms with Gasteiger partial charge in [0.15, 0.2) is 11.8 Å². The zero-order valence-electron chi connectivity index (χ0n) is 15.4. The molecule has 0 aromatic carbocycles. The summed E-state index contributed by atoms with van der Waals surface area (Å²) in [5, 5.41) is 14.9. The fourth-order valence-electron chi connectivity index (χ4n) is 2.65. The number of aryl methyl sites for hydroxylation is 1. The van der Waals surface area contributed by atoms with E-state index in [9.17, 15) is 0 Å². The van der Waals surface area contributed by atoms with Gasteiger partial charge in [-0.2, -0.15) is 0 Å². The Labute approximate surface area is 153 Å². The second-order valence-corrected chi connectivity index (χ2v) is 6.20. The zero-order valence-corrected chi connectivity index (χ0v) is 15.4. The van der Waals surface area contributed by atoms with E-state index < -0.39 is 0 Å². The first-order valence-electron chi connectivity index (χ1n) is 8.92. The van der Waals surface area contributed by atoms with Crippen molar-refractivity contribution in [1.82, 2.24) is 30.3 Å². The molecule has 9 nitrogen and oxygen atoms in total. The smallest absolute Gasteiger partial charge is 0.192 e. The zero-order chi connectivity index (χ0) is 18.2.